The molecule has 56 heavy (non-hydrogen) atoms. The molecule has 4 heteroatoms. The van der Waals surface area contributed by atoms with Crippen LogP contribution in [0, 0.1) is 0 Å². The Morgan fingerprint density at radius 3 is 1.68 bits per heavy atom. The number of fused-ring (bicyclic) bond motifs is 11. The molecule has 0 bridgehead atoms. The monoisotopic (exact) mass is 733 g/mol. The topological polar surface area (TPSA) is 29.5 Å². The lowest BCUT2D eigenvalue weighted by atomic mass is 9.98. The second kappa shape index (κ2) is 12.2. The van der Waals surface area contributed by atoms with Crippen LogP contribution >= 0.6 is 11.3 Å². The number of para-hydroxylation sites is 2. The van der Waals surface area contributed by atoms with Crippen molar-refractivity contribution < 1.29 is 8.83 Å². The van der Waals surface area contributed by atoms with Gasteiger partial charge in [0, 0.05) is 64.8 Å². The van der Waals surface area contributed by atoms with E-state index in [9.17, 15) is 0 Å². The van der Waals surface area contributed by atoms with Gasteiger partial charge in [0.15, 0.2) is 0 Å². The molecule has 12 rings (SSSR count). The summed E-state index contributed by atoms with van der Waals surface area (Å²) in [5.74, 6) is 0. The molecular weight excluding hydrogens is 703 g/mol. The quantitative estimate of drug-likeness (QED) is 0.176. The molecule has 0 saturated carbocycles. The van der Waals surface area contributed by atoms with Crippen LogP contribution in [0.25, 0.3) is 97.1 Å². The zero-order valence-corrected chi connectivity index (χ0v) is 30.9. The molecule has 3 aromatic heterocycles. The largest absolute Gasteiger partial charge is 0.456 e. The molecule has 0 aliphatic heterocycles. The predicted octanol–water partition coefficient (Wildman–Crippen LogP) is 15.8. The van der Waals surface area contributed by atoms with Gasteiger partial charge in [-0.15, -0.1) is 11.3 Å². The fourth-order valence-corrected chi connectivity index (χ4v) is 10.0. The second-order valence-electron chi connectivity index (χ2n) is 14.4. The van der Waals surface area contributed by atoms with Crippen LogP contribution in [0.1, 0.15) is 0 Å². The fraction of sp³-hybridized carbons (Fsp3) is 0. The predicted molar refractivity (Wildman–Crippen MR) is 237 cm³/mol. The number of furan rings is 2. The van der Waals surface area contributed by atoms with Gasteiger partial charge < -0.3 is 13.7 Å². The van der Waals surface area contributed by atoms with Gasteiger partial charge in [0.25, 0.3) is 0 Å². The number of hydrogen-bond acceptors (Lipinski definition) is 4. The molecule has 9 aromatic carbocycles. The van der Waals surface area contributed by atoms with Crippen LogP contribution < -0.4 is 4.90 Å². The summed E-state index contributed by atoms with van der Waals surface area (Å²) in [6.07, 6.45) is 0. The number of nitrogens with zero attached hydrogens (tertiary/aromatic N) is 1. The lowest BCUT2D eigenvalue weighted by Crippen LogP contribution is -2.09. The summed E-state index contributed by atoms with van der Waals surface area (Å²) < 4.78 is 15.2. The van der Waals surface area contributed by atoms with Crippen LogP contribution in [0.4, 0.5) is 17.1 Å². The Kier molecular flexibility index (Phi) is 6.80. The Hall–Kier alpha value is -7.14. The van der Waals surface area contributed by atoms with Gasteiger partial charge in [0.05, 0.1) is 0 Å². The van der Waals surface area contributed by atoms with Crippen LogP contribution in [0.15, 0.2) is 197 Å². The zero-order chi connectivity index (χ0) is 36.7. The summed E-state index contributed by atoms with van der Waals surface area (Å²) >= 11 is 1.86. The number of hydrogen-bond donors (Lipinski definition) is 0. The minimum Gasteiger partial charge on any atom is -0.456 e. The van der Waals surface area contributed by atoms with Crippen LogP contribution in [0.5, 0.6) is 0 Å². The number of thiophene rings is 1. The normalized spacial score (nSPS) is 11.9. The van der Waals surface area contributed by atoms with E-state index in [1.807, 2.05) is 29.5 Å². The maximum Gasteiger partial charge on any atom is 0.137 e. The van der Waals surface area contributed by atoms with Gasteiger partial charge in [-0.1, -0.05) is 121 Å². The molecule has 0 N–H and O–H groups in total. The van der Waals surface area contributed by atoms with Gasteiger partial charge in [-0.25, -0.2) is 0 Å². The molecule has 262 valence electrons. The van der Waals surface area contributed by atoms with E-state index in [2.05, 4.69) is 175 Å². The Labute approximate surface area is 325 Å². The van der Waals surface area contributed by atoms with Gasteiger partial charge in [-0.05, 0) is 93.7 Å². The third-order valence-electron chi connectivity index (χ3n) is 11.3. The van der Waals surface area contributed by atoms with Crippen molar-refractivity contribution >= 4 is 103 Å². The van der Waals surface area contributed by atoms with Crippen LogP contribution in [0.2, 0.25) is 0 Å². The molecule has 0 fully saturated rings. The lowest BCUT2D eigenvalue weighted by molar-refractivity contribution is 0.668. The minimum atomic E-state index is 0.869. The van der Waals surface area contributed by atoms with Gasteiger partial charge in [0.2, 0.25) is 0 Å². The molecule has 0 saturated heterocycles. The second-order valence-corrected chi connectivity index (χ2v) is 15.5. The Morgan fingerprint density at radius 1 is 0.339 bits per heavy atom. The van der Waals surface area contributed by atoms with Crippen molar-refractivity contribution in [2.45, 2.75) is 0 Å². The van der Waals surface area contributed by atoms with E-state index >= 15 is 0 Å². The van der Waals surface area contributed by atoms with E-state index in [-0.39, 0.29) is 0 Å². The first kappa shape index (κ1) is 31.2. The van der Waals surface area contributed by atoms with Crippen LogP contribution in [-0.2, 0) is 0 Å². The first-order valence-corrected chi connectivity index (χ1v) is 19.7. The molecule has 3 heterocycles. The van der Waals surface area contributed by atoms with Crippen molar-refractivity contribution in [2.24, 2.45) is 0 Å². The van der Waals surface area contributed by atoms with Gasteiger partial charge in [0.1, 0.15) is 22.3 Å². The molecule has 0 aliphatic carbocycles. The standard InChI is InChI=1S/C52H31NO2S/c1-2-11-38-32(9-1)10-7-14-39(38)33-19-23-35(24-20-33)53(37-27-28-42-41-12-3-5-17-46(41)55-49(42)31-37)36-25-21-34(22-26-36)40-15-8-16-43-44-29-30-48-50(52(44)56-51(40)43)45-13-4-6-18-47(45)54-48/h1-31H. The molecule has 0 unspecified atom stereocenters. The lowest BCUT2D eigenvalue weighted by Gasteiger charge is -2.26. The minimum absolute atomic E-state index is 0.869. The summed E-state index contributed by atoms with van der Waals surface area (Å²) in [4.78, 5) is 2.32. The van der Waals surface area contributed by atoms with Gasteiger partial charge >= 0.3 is 0 Å². The van der Waals surface area contributed by atoms with E-state index < -0.39 is 0 Å². The van der Waals surface area contributed by atoms with Crippen LogP contribution in [0.3, 0.4) is 0 Å². The average molecular weight is 734 g/mol. The van der Waals surface area contributed by atoms with Crippen molar-refractivity contribution in [3.63, 3.8) is 0 Å². The molecule has 0 atom stereocenters. The number of anilines is 3. The summed E-state index contributed by atoms with van der Waals surface area (Å²) in [7, 11) is 0. The molecule has 0 aliphatic rings. The highest BCUT2D eigenvalue weighted by atomic mass is 32.1. The van der Waals surface area contributed by atoms with Crippen molar-refractivity contribution in [1.82, 2.24) is 0 Å². The van der Waals surface area contributed by atoms with Gasteiger partial charge in [-0.3, -0.25) is 0 Å². The maximum absolute atomic E-state index is 6.39. The molecular formula is C52H31NO2S. The van der Waals surface area contributed by atoms with E-state index in [0.717, 1.165) is 55.6 Å². The third-order valence-corrected chi connectivity index (χ3v) is 12.6. The maximum atomic E-state index is 6.39. The SMILES string of the molecule is c1ccc2c(-c3ccc(N(c4ccc(-c5cccc6c5sc5c6ccc6oc7ccccc7c65)cc4)c4ccc5c(c4)oc4ccccc45)cc3)cccc2c1. The zero-order valence-electron chi connectivity index (χ0n) is 30.1. The number of benzene rings is 9. The Bertz CT molecular complexity index is 3470. The average Bonchev–Trinajstić information content (AvgIpc) is 3.95. The first-order valence-electron chi connectivity index (χ1n) is 18.9. The van der Waals surface area contributed by atoms with E-state index in [1.165, 1.54) is 58.6 Å². The highest BCUT2D eigenvalue weighted by Crippen LogP contribution is 2.46. The molecule has 0 amide bonds. The fourth-order valence-electron chi connectivity index (χ4n) is 8.65. The van der Waals surface area contributed by atoms with Gasteiger partial charge in [-0.2, -0.15) is 0 Å². The Balaban J connectivity index is 0.986. The van der Waals surface area contributed by atoms with Crippen molar-refractivity contribution in [1.29, 1.82) is 0 Å². The smallest absolute Gasteiger partial charge is 0.137 e. The van der Waals surface area contributed by atoms with E-state index in [0.29, 0.717) is 0 Å². The molecule has 3 nitrogen and oxygen atoms in total. The van der Waals surface area contributed by atoms with E-state index in [1.54, 1.807) is 0 Å². The summed E-state index contributed by atoms with van der Waals surface area (Å²) in [6, 6.07) is 67.2. The summed E-state index contributed by atoms with van der Waals surface area (Å²) in [5, 5.41) is 9.63. The highest BCUT2D eigenvalue weighted by molar-refractivity contribution is 7.27. The van der Waals surface area contributed by atoms with Crippen molar-refractivity contribution in [3.05, 3.63) is 188 Å². The van der Waals surface area contributed by atoms with Crippen molar-refractivity contribution in [2.75, 3.05) is 4.90 Å². The third kappa shape index (κ3) is 4.76. The molecule has 0 radical (unpaired) electrons. The molecule has 12 aromatic rings. The number of rotatable bonds is 5. The van der Waals surface area contributed by atoms with E-state index in [4.69, 9.17) is 8.83 Å². The Morgan fingerprint density at radius 2 is 0.875 bits per heavy atom. The first-order chi connectivity index (χ1) is 27.7. The highest BCUT2D eigenvalue weighted by Gasteiger charge is 2.19. The molecule has 0 spiro atoms. The van der Waals surface area contributed by atoms with Crippen molar-refractivity contribution in [3.8, 4) is 22.3 Å². The van der Waals surface area contributed by atoms with Crippen LogP contribution in [-0.4, -0.2) is 0 Å². The summed E-state index contributed by atoms with van der Waals surface area (Å²) in [5.41, 5.74) is 11.6. The summed E-state index contributed by atoms with van der Waals surface area (Å²) in [6.45, 7) is 0.